The van der Waals surface area contributed by atoms with Crippen LogP contribution in [0.4, 0.5) is 0 Å². The number of aliphatic carboxylic acids is 1. The molecule has 1 atom stereocenters. The number of esters is 1. The molecule has 1 fully saturated rings. The van der Waals surface area contributed by atoms with Crippen LogP contribution in [-0.4, -0.2) is 43.4 Å². The number of carbonyl (C=O) groups is 2. The lowest BCUT2D eigenvalue weighted by Crippen LogP contribution is -2.58. The smallest absolute Gasteiger partial charge is 0.325 e. The third-order valence-electron chi connectivity index (χ3n) is 3.87. The molecule has 1 aliphatic carbocycles. The maximum absolute atomic E-state index is 12.1. The van der Waals surface area contributed by atoms with Gasteiger partial charge in [-0.3, -0.25) is 9.59 Å². The summed E-state index contributed by atoms with van der Waals surface area (Å²) in [6, 6.07) is 0. The number of sulfonamides is 1. The fourth-order valence-corrected chi connectivity index (χ4v) is 3.63. The molecule has 0 amide bonds. The van der Waals surface area contributed by atoms with Crippen molar-refractivity contribution in [1.29, 1.82) is 0 Å². The average Bonchev–Trinajstić information content (AvgIpc) is 2.39. The first-order valence-corrected chi connectivity index (χ1v) is 8.03. The van der Waals surface area contributed by atoms with Crippen LogP contribution in [0.5, 0.6) is 0 Å². The summed E-state index contributed by atoms with van der Waals surface area (Å²) in [6.07, 6.45) is 1.69. The zero-order chi connectivity index (χ0) is 15.6. The molecule has 1 unspecified atom stereocenters. The lowest BCUT2D eigenvalue weighted by atomic mass is 9.78. The molecule has 116 valence electrons. The summed E-state index contributed by atoms with van der Waals surface area (Å²) < 4.78 is 30.8. The topological polar surface area (TPSA) is 110 Å². The van der Waals surface area contributed by atoms with Crippen molar-refractivity contribution in [2.24, 2.45) is 5.92 Å². The van der Waals surface area contributed by atoms with Gasteiger partial charge in [0.1, 0.15) is 5.54 Å². The summed E-state index contributed by atoms with van der Waals surface area (Å²) >= 11 is 0. The monoisotopic (exact) mass is 307 g/mol. The van der Waals surface area contributed by atoms with E-state index >= 15 is 0 Å². The van der Waals surface area contributed by atoms with Gasteiger partial charge >= 0.3 is 11.9 Å². The van der Waals surface area contributed by atoms with Crippen molar-refractivity contribution in [2.75, 3.05) is 7.11 Å². The largest absolute Gasteiger partial charge is 0.480 e. The van der Waals surface area contributed by atoms with Crippen molar-refractivity contribution < 1.29 is 27.9 Å². The number of hydrogen-bond acceptors (Lipinski definition) is 5. The highest BCUT2D eigenvalue weighted by molar-refractivity contribution is 7.90. The summed E-state index contributed by atoms with van der Waals surface area (Å²) in [5, 5.41) is 7.93. The number of nitrogens with one attached hydrogen (secondary N) is 1. The molecule has 0 saturated heterocycles. The van der Waals surface area contributed by atoms with Crippen LogP contribution in [-0.2, 0) is 24.3 Å². The van der Waals surface area contributed by atoms with E-state index in [-0.39, 0.29) is 12.8 Å². The number of methoxy groups -OCH3 is 1. The summed E-state index contributed by atoms with van der Waals surface area (Å²) in [6.45, 7) is 3.17. The summed E-state index contributed by atoms with van der Waals surface area (Å²) in [5.41, 5.74) is -1.52. The predicted molar refractivity (Wildman–Crippen MR) is 71.5 cm³/mol. The normalized spacial score (nSPS) is 28.6. The van der Waals surface area contributed by atoms with E-state index in [2.05, 4.69) is 9.46 Å². The number of carbonyl (C=O) groups excluding carboxylic acids is 1. The van der Waals surface area contributed by atoms with E-state index < -0.39 is 32.8 Å². The maximum atomic E-state index is 12.1. The molecule has 20 heavy (non-hydrogen) atoms. The molecule has 7 nitrogen and oxygen atoms in total. The van der Waals surface area contributed by atoms with Gasteiger partial charge < -0.3 is 9.84 Å². The van der Waals surface area contributed by atoms with Crippen molar-refractivity contribution >= 4 is 22.0 Å². The Bertz CT molecular complexity index is 478. The number of ether oxygens (including phenoxy) is 1. The Morgan fingerprint density at radius 2 is 1.85 bits per heavy atom. The molecule has 0 aromatic carbocycles. The molecule has 0 aliphatic heterocycles. The predicted octanol–water partition coefficient (Wildman–Crippen LogP) is 0.501. The third kappa shape index (κ3) is 3.49. The van der Waals surface area contributed by atoms with Crippen LogP contribution >= 0.6 is 0 Å². The molecular weight excluding hydrogens is 286 g/mol. The van der Waals surface area contributed by atoms with Gasteiger partial charge in [0.2, 0.25) is 10.0 Å². The van der Waals surface area contributed by atoms with Gasteiger partial charge in [0.15, 0.2) is 5.25 Å². The second kappa shape index (κ2) is 6.09. The fourth-order valence-electron chi connectivity index (χ4n) is 2.27. The van der Waals surface area contributed by atoms with Gasteiger partial charge in [-0.15, -0.1) is 0 Å². The Morgan fingerprint density at radius 1 is 1.35 bits per heavy atom. The minimum absolute atomic E-state index is 0.219. The third-order valence-corrected chi connectivity index (χ3v) is 5.67. The molecular formula is C12H21NO6S. The molecule has 1 rings (SSSR count). The number of carboxylic acids is 1. The second-order valence-corrected chi connectivity index (χ2v) is 7.38. The fraction of sp³-hybridized carbons (Fsp3) is 0.833. The van der Waals surface area contributed by atoms with E-state index in [0.29, 0.717) is 18.8 Å². The van der Waals surface area contributed by atoms with E-state index in [1.54, 1.807) is 0 Å². The standard InChI is InChI=1S/C12H21NO6S/c1-8-4-6-12(7-5-8,11(15)16)13-20(17,18)9(2)10(14)19-3/h8-9,13H,4-7H2,1-3H3,(H,15,16). The zero-order valence-electron chi connectivity index (χ0n) is 11.9. The van der Waals surface area contributed by atoms with E-state index in [1.165, 1.54) is 6.92 Å². The Morgan fingerprint density at radius 3 is 2.25 bits per heavy atom. The summed E-state index contributed by atoms with van der Waals surface area (Å²) in [4.78, 5) is 22.8. The van der Waals surface area contributed by atoms with Crippen molar-refractivity contribution in [3.05, 3.63) is 0 Å². The quantitative estimate of drug-likeness (QED) is 0.716. The lowest BCUT2D eigenvalue weighted by molar-refractivity contribution is -0.146. The molecule has 1 saturated carbocycles. The molecule has 0 radical (unpaired) electrons. The molecule has 1 aliphatic rings. The van der Waals surface area contributed by atoms with E-state index in [1.807, 2.05) is 6.92 Å². The minimum atomic E-state index is -4.10. The van der Waals surface area contributed by atoms with Crippen LogP contribution in [0.15, 0.2) is 0 Å². The Kier molecular flexibility index (Phi) is 5.15. The number of hydrogen-bond donors (Lipinski definition) is 2. The zero-order valence-corrected chi connectivity index (χ0v) is 12.7. The Labute approximate surface area is 118 Å². The molecule has 0 aromatic heterocycles. The maximum Gasteiger partial charge on any atom is 0.325 e. The highest BCUT2D eigenvalue weighted by atomic mass is 32.2. The Balaban J connectivity index is 2.97. The average molecular weight is 307 g/mol. The van der Waals surface area contributed by atoms with Crippen LogP contribution in [0.1, 0.15) is 39.5 Å². The van der Waals surface area contributed by atoms with E-state index in [9.17, 15) is 23.1 Å². The SMILES string of the molecule is COC(=O)C(C)S(=O)(=O)NC1(C(=O)O)CCC(C)CC1. The summed E-state index contributed by atoms with van der Waals surface area (Å²) in [7, 11) is -3.01. The van der Waals surface area contributed by atoms with Gasteiger partial charge in [-0.25, -0.2) is 8.42 Å². The first-order valence-electron chi connectivity index (χ1n) is 6.48. The van der Waals surface area contributed by atoms with Crippen LogP contribution < -0.4 is 4.72 Å². The lowest BCUT2D eigenvalue weighted by Gasteiger charge is -2.36. The van der Waals surface area contributed by atoms with Gasteiger partial charge in [-0.05, 0) is 38.5 Å². The van der Waals surface area contributed by atoms with Crippen molar-refractivity contribution in [1.82, 2.24) is 4.72 Å². The molecule has 0 spiro atoms. The Hall–Kier alpha value is -1.15. The molecule has 0 aromatic rings. The first-order chi connectivity index (χ1) is 9.14. The van der Waals surface area contributed by atoms with E-state index in [0.717, 1.165) is 7.11 Å². The minimum Gasteiger partial charge on any atom is -0.480 e. The van der Waals surface area contributed by atoms with E-state index in [4.69, 9.17) is 0 Å². The van der Waals surface area contributed by atoms with Crippen LogP contribution in [0.2, 0.25) is 0 Å². The second-order valence-electron chi connectivity index (χ2n) is 5.38. The van der Waals surface area contributed by atoms with Gasteiger partial charge in [0, 0.05) is 0 Å². The first kappa shape index (κ1) is 16.9. The van der Waals surface area contributed by atoms with Gasteiger partial charge in [-0.1, -0.05) is 6.92 Å². The van der Waals surface area contributed by atoms with Crippen molar-refractivity contribution in [2.45, 2.75) is 50.3 Å². The van der Waals surface area contributed by atoms with Crippen molar-refractivity contribution in [3.63, 3.8) is 0 Å². The van der Waals surface area contributed by atoms with Crippen LogP contribution in [0.3, 0.4) is 0 Å². The highest BCUT2D eigenvalue weighted by Crippen LogP contribution is 2.33. The van der Waals surface area contributed by atoms with Gasteiger partial charge in [-0.2, -0.15) is 4.72 Å². The molecule has 8 heteroatoms. The van der Waals surface area contributed by atoms with Gasteiger partial charge in [0.25, 0.3) is 0 Å². The van der Waals surface area contributed by atoms with Crippen LogP contribution in [0.25, 0.3) is 0 Å². The van der Waals surface area contributed by atoms with Crippen molar-refractivity contribution in [3.8, 4) is 0 Å². The molecule has 0 bridgehead atoms. The number of rotatable bonds is 5. The van der Waals surface area contributed by atoms with Gasteiger partial charge in [0.05, 0.1) is 7.11 Å². The molecule has 0 heterocycles. The summed E-state index contributed by atoms with van der Waals surface area (Å²) in [5.74, 6) is -1.75. The van der Waals surface area contributed by atoms with Crippen LogP contribution in [0, 0.1) is 5.92 Å². The number of carboxylic acid groups (broad SMARTS) is 1. The molecule has 2 N–H and O–H groups in total. The highest BCUT2D eigenvalue weighted by Gasteiger charge is 2.46.